The van der Waals surface area contributed by atoms with Crippen molar-refractivity contribution in [3.8, 4) is 0 Å². The van der Waals surface area contributed by atoms with Crippen molar-refractivity contribution >= 4 is 23.4 Å². The van der Waals surface area contributed by atoms with Gasteiger partial charge in [-0.3, -0.25) is 0 Å². The summed E-state index contributed by atoms with van der Waals surface area (Å²) in [7, 11) is 0. The minimum atomic E-state index is 0.419. The zero-order chi connectivity index (χ0) is 20.9. The number of nitrogens with zero attached hydrogens (tertiary/aromatic N) is 3. The molecule has 0 bridgehead atoms. The van der Waals surface area contributed by atoms with Crippen LogP contribution in [0.25, 0.3) is 0 Å². The maximum atomic E-state index is 4.81. The maximum absolute atomic E-state index is 4.81. The molecule has 0 radical (unpaired) electrons. The van der Waals surface area contributed by atoms with Crippen LogP contribution in [0.2, 0.25) is 0 Å². The van der Waals surface area contributed by atoms with E-state index in [1.54, 1.807) is 0 Å². The van der Waals surface area contributed by atoms with E-state index in [9.17, 15) is 0 Å². The first kappa shape index (κ1) is 23.9. The van der Waals surface area contributed by atoms with Gasteiger partial charge in [0.25, 0.3) is 0 Å². The smallest absolute Gasteiger partial charge is 0.191 e. The van der Waals surface area contributed by atoms with Crippen molar-refractivity contribution in [3.05, 3.63) is 29.8 Å². The van der Waals surface area contributed by atoms with Crippen molar-refractivity contribution in [2.24, 2.45) is 4.99 Å². The van der Waals surface area contributed by atoms with E-state index in [-0.39, 0.29) is 0 Å². The summed E-state index contributed by atoms with van der Waals surface area (Å²) in [6.45, 7) is 16.2. The number of aliphatic imine (C=N–C) groups is 1. The average Bonchev–Trinajstić information content (AvgIpc) is 2.76. The Bertz CT molecular complexity index is 579. The molecule has 0 aromatic heterocycles. The topological polar surface area (TPSA) is 42.9 Å². The standard InChI is InChI=1S/C23H41N5S/c1-5-24-23(26-20(4)9-8-14-27(6-2)7-3)25-19-21-10-12-22(13-11-21)28-15-17-29-18-16-28/h10-13,20H,5-9,14-19H2,1-4H3,(H2,24,25,26). The van der Waals surface area contributed by atoms with Gasteiger partial charge in [-0.25, -0.2) is 4.99 Å². The van der Waals surface area contributed by atoms with Gasteiger partial charge in [-0.1, -0.05) is 26.0 Å². The molecule has 0 amide bonds. The van der Waals surface area contributed by atoms with Crippen LogP contribution in [0.4, 0.5) is 5.69 Å². The predicted octanol–water partition coefficient (Wildman–Crippen LogP) is 3.81. The zero-order valence-electron chi connectivity index (χ0n) is 18.9. The highest BCUT2D eigenvalue weighted by molar-refractivity contribution is 7.99. The van der Waals surface area contributed by atoms with E-state index in [2.05, 4.69) is 72.4 Å². The third kappa shape index (κ3) is 8.87. The number of rotatable bonds is 11. The Balaban J connectivity index is 1.82. The predicted molar refractivity (Wildman–Crippen MR) is 130 cm³/mol. The normalized spacial score (nSPS) is 16.2. The van der Waals surface area contributed by atoms with Gasteiger partial charge in [0, 0.05) is 42.9 Å². The summed E-state index contributed by atoms with van der Waals surface area (Å²) in [5.41, 5.74) is 2.59. The second kappa shape index (κ2) is 13.8. The van der Waals surface area contributed by atoms with Gasteiger partial charge in [0.05, 0.1) is 6.54 Å². The number of guanidine groups is 1. The third-order valence-corrected chi connectivity index (χ3v) is 6.41. The van der Waals surface area contributed by atoms with Gasteiger partial charge in [-0.2, -0.15) is 11.8 Å². The van der Waals surface area contributed by atoms with Gasteiger partial charge in [0.1, 0.15) is 0 Å². The van der Waals surface area contributed by atoms with Crippen molar-refractivity contribution < 1.29 is 0 Å². The lowest BCUT2D eigenvalue weighted by molar-refractivity contribution is 0.292. The third-order valence-electron chi connectivity index (χ3n) is 5.47. The number of thioether (sulfide) groups is 1. The Hall–Kier alpha value is -1.40. The number of benzene rings is 1. The largest absolute Gasteiger partial charge is 0.370 e. The molecule has 1 heterocycles. The first-order valence-electron chi connectivity index (χ1n) is 11.3. The monoisotopic (exact) mass is 419 g/mol. The van der Waals surface area contributed by atoms with Crippen molar-refractivity contribution in [3.63, 3.8) is 0 Å². The highest BCUT2D eigenvalue weighted by atomic mass is 32.2. The van der Waals surface area contributed by atoms with E-state index >= 15 is 0 Å². The van der Waals surface area contributed by atoms with Crippen molar-refractivity contribution in [1.29, 1.82) is 0 Å². The van der Waals surface area contributed by atoms with Crippen LogP contribution in [-0.2, 0) is 6.54 Å². The Morgan fingerprint density at radius 2 is 1.83 bits per heavy atom. The highest BCUT2D eigenvalue weighted by Crippen LogP contribution is 2.20. The minimum absolute atomic E-state index is 0.419. The molecule has 1 aromatic rings. The van der Waals surface area contributed by atoms with Gasteiger partial charge in [-0.05, 0) is 64.0 Å². The van der Waals surface area contributed by atoms with Gasteiger partial charge in [-0.15, -0.1) is 0 Å². The molecule has 6 heteroatoms. The molecule has 1 atom stereocenters. The summed E-state index contributed by atoms with van der Waals surface area (Å²) in [5, 5.41) is 6.96. The second-order valence-corrected chi connectivity index (χ2v) is 8.90. The van der Waals surface area contributed by atoms with E-state index < -0.39 is 0 Å². The molecule has 1 aliphatic heterocycles. The van der Waals surface area contributed by atoms with Crippen LogP contribution in [0.5, 0.6) is 0 Å². The van der Waals surface area contributed by atoms with E-state index in [0.717, 1.165) is 45.1 Å². The Morgan fingerprint density at radius 3 is 2.45 bits per heavy atom. The van der Waals surface area contributed by atoms with Crippen LogP contribution in [0.3, 0.4) is 0 Å². The van der Waals surface area contributed by atoms with E-state index in [1.165, 1.54) is 35.7 Å². The van der Waals surface area contributed by atoms with Gasteiger partial charge in [0.15, 0.2) is 5.96 Å². The molecule has 1 unspecified atom stereocenters. The Labute approximate surface area is 182 Å². The molecule has 0 spiro atoms. The van der Waals surface area contributed by atoms with Crippen LogP contribution >= 0.6 is 11.8 Å². The first-order valence-corrected chi connectivity index (χ1v) is 12.5. The first-order chi connectivity index (χ1) is 14.2. The summed E-state index contributed by atoms with van der Waals surface area (Å²) in [6.07, 6.45) is 2.37. The molecule has 1 fully saturated rings. The van der Waals surface area contributed by atoms with Gasteiger partial charge >= 0.3 is 0 Å². The Morgan fingerprint density at radius 1 is 1.14 bits per heavy atom. The van der Waals surface area contributed by atoms with Crippen LogP contribution in [0.15, 0.2) is 29.3 Å². The fraction of sp³-hybridized carbons (Fsp3) is 0.696. The summed E-state index contributed by atoms with van der Waals surface area (Å²) >= 11 is 2.05. The molecule has 1 aromatic carbocycles. The number of nitrogens with one attached hydrogen (secondary N) is 2. The Kier molecular flexibility index (Phi) is 11.3. The molecular formula is C23H41N5S. The van der Waals surface area contributed by atoms with Crippen molar-refractivity contribution in [2.75, 3.05) is 55.7 Å². The molecule has 2 rings (SSSR count). The quantitative estimate of drug-likeness (QED) is 0.422. The summed E-state index contributed by atoms with van der Waals surface area (Å²) in [4.78, 5) is 9.77. The maximum Gasteiger partial charge on any atom is 0.191 e. The van der Waals surface area contributed by atoms with E-state index in [4.69, 9.17) is 4.99 Å². The van der Waals surface area contributed by atoms with Crippen LogP contribution in [0.1, 0.15) is 46.1 Å². The van der Waals surface area contributed by atoms with Crippen molar-refractivity contribution in [1.82, 2.24) is 15.5 Å². The minimum Gasteiger partial charge on any atom is -0.370 e. The summed E-state index contributed by atoms with van der Waals surface area (Å²) in [6, 6.07) is 9.35. The van der Waals surface area contributed by atoms with E-state index in [1.807, 2.05) is 11.8 Å². The summed E-state index contributed by atoms with van der Waals surface area (Å²) < 4.78 is 0. The molecule has 1 aliphatic rings. The van der Waals surface area contributed by atoms with Crippen molar-refractivity contribution in [2.45, 2.75) is 53.1 Å². The van der Waals surface area contributed by atoms with Crippen LogP contribution < -0.4 is 15.5 Å². The highest BCUT2D eigenvalue weighted by Gasteiger charge is 2.11. The number of hydrogen-bond donors (Lipinski definition) is 2. The molecule has 0 saturated carbocycles. The average molecular weight is 420 g/mol. The molecule has 1 saturated heterocycles. The van der Waals surface area contributed by atoms with Crippen LogP contribution in [0, 0.1) is 0 Å². The SMILES string of the molecule is CCNC(=NCc1ccc(N2CCSCC2)cc1)NC(C)CCCN(CC)CC. The second-order valence-electron chi connectivity index (χ2n) is 7.68. The molecular weight excluding hydrogens is 378 g/mol. The lowest BCUT2D eigenvalue weighted by Crippen LogP contribution is -2.42. The molecule has 0 aliphatic carbocycles. The van der Waals surface area contributed by atoms with Gasteiger partial charge < -0.3 is 20.4 Å². The number of anilines is 1. The molecule has 29 heavy (non-hydrogen) atoms. The van der Waals surface area contributed by atoms with Crippen LogP contribution in [-0.4, -0.2) is 67.7 Å². The molecule has 164 valence electrons. The fourth-order valence-electron chi connectivity index (χ4n) is 3.59. The molecule has 2 N–H and O–H groups in total. The molecule has 5 nitrogen and oxygen atoms in total. The van der Waals surface area contributed by atoms with E-state index in [0.29, 0.717) is 12.6 Å². The fourth-order valence-corrected chi connectivity index (χ4v) is 4.49. The lowest BCUT2D eigenvalue weighted by atomic mass is 10.1. The zero-order valence-corrected chi connectivity index (χ0v) is 19.7. The number of hydrogen-bond acceptors (Lipinski definition) is 4. The van der Waals surface area contributed by atoms with Gasteiger partial charge in [0.2, 0.25) is 0 Å². The lowest BCUT2D eigenvalue weighted by Gasteiger charge is -2.28. The summed E-state index contributed by atoms with van der Waals surface area (Å²) in [5.74, 6) is 3.38.